The summed E-state index contributed by atoms with van der Waals surface area (Å²) in [5.41, 5.74) is 0. The highest BCUT2D eigenvalue weighted by atomic mass is 31.2. The molecule has 3 N–H and O–H groups in total. The molecule has 3 atom stereocenters. The van der Waals surface area contributed by atoms with Crippen molar-refractivity contribution >= 4 is 13.8 Å². The van der Waals surface area contributed by atoms with Crippen LogP contribution in [0.2, 0.25) is 0 Å². The number of allylic oxidation sites excluding steroid dienone is 6. The summed E-state index contributed by atoms with van der Waals surface area (Å²) in [4.78, 5) is 22.5. The molecule has 0 rings (SSSR count). The first kappa shape index (κ1) is 48.7. The molecule has 0 fully saturated rings. The topological polar surface area (TPSA) is 132 Å². The molecule has 0 radical (unpaired) electrons. The van der Waals surface area contributed by atoms with Gasteiger partial charge in [-0.3, -0.25) is 13.8 Å². The van der Waals surface area contributed by atoms with Gasteiger partial charge >= 0.3 is 13.8 Å². The van der Waals surface area contributed by atoms with Crippen LogP contribution in [0.3, 0.4) is 0 Å². The highest BCUT2D eigenvalue weighted by molar-refractivity contribution is 7.47. The monoisotopic (exact) mass is 731 g/mol. The van der Waals surface area contributed by atoms with Gasteiger partial charge in [0.15, 0.2) is 0 Å². The van der Waals surface area contributed by atoms with Crippen molar-refractivity contribution < 1.29 is 43.0 Å². The molecule has 9 nitrogen and oxygen atoms in total. The highest BCUT2D eigenvalue weighted by Crippen LogP contribution is 2.43. The van der Waals surface area contributed by atoms with Crippen LogP contribution in [0.15, 0.2) is 36.5 Å². The van der Waals surface area contributed by atoms with Crippen LogP contribution in [0.25, 0.3) is 0 Å². The molecule has 0 amide bonds. The van der Waals surface area contributed by atoms with Crippen LogP contribution in [0.5, 0.6) is 0 Å². The van der Waals surface area contributed by atoms with E-state index >= 15 is 0 Å². The van der Waals surface area contributed by atoms with Crippen molar-refractivity contribution in [2.45, 2.75) is 180 Å². The molecule has 0 spiro atoms. The van der Waals surface area contributed by atoms with E-state index in [1.807, 2.05) is 0 Å². The van der Waals surface area contributed by atoms with E-state index in [2.05, 4.69) is 50.3 Å². The fraction of sp³-hybridized carbons (Fsp3) is 0.825. The summed E-state index contributed by atoms with van der Waals surface area (Å²) in [5, 5.41) is 18.3. The Kier molecular flexibility index (Phi) is 36.4. The molecule has 0 saturated heterocycles. The van der Waals surface area contributed by atoms with Crippen molar-refractivity contribution in [3.05, 3.63) is 36.5 Å². The lowest BCUT2D eigenvalue weighted by molar-refractivity contribution is -0.154. The molecule has 0 bridgehead atoms. The largest absolute Gasteiger partial charge is 0.472 e. The van der Waals surface area contributed by atoms with Crippen molar-refractivity contribution in [2.75, 3.05) is 33.0 Å². The van der Waals surface area contributed by atoms with Gasteiger partial charge in [-0.15, -0.1) is 0 Å². The van der Waals surface area contributed by atoms with Crippen LogP contribution in [0.4, 0.5) is 0 Å². The first-order valence-electron chi connectivity index (χ1n) is 20.0. The Morgan fingerprint density at radius 2 is 1.14 bits per heavy atom. The van der Waals surface area contributed by atoms with E-state index in [0.717, 1.165) is 64.2 Å². The second-order valence-electron chi connectivity index (χ2n) is 13.3. The third-order valence-electron chi connectivity index (χ3n) is 8.34. The van der Waals surface area contributed by atoms with Crippen LogP contribution < -0.4 is 0 Å². The number of aliphatic hydroxyl groups is 2. The lowest BCUT2D eigenvalue weighted by Crippen LogP contribution is -2.29. The molecular weight excluding hydrogens is 655 g/mol. The van der Waals surface area contributed by atoms with Gasteiger partial charge in [-0.05, 0) is 44.9 Å². The molecule has 0 aromatic carbocycles. The fourth-order valence-electron chi connectivity index (χ4n) is 5.31. The van der Waals surface area contributed by atoms with Gasteiger partial charge in [0.05, 0.1) is 26.4 Å². The molecule has 3 unspecified atom stereocenters. The minimum atomic E-state index is -4.51. The SMILES string of the molecule is CC/C=C\C/C=C\C/C=C\CCCCCCCCCC(=O)OC(COCCCCCCCCCCCCCC)COP(=O)(O)OCC(O)CO. The number of carbonyl (C=O) groups is 1. The zero-order valence-electron chi connectivity index (χ0n) is 31.9. The maximum atomic E-state index is 12.6. The summed E-state index contributed by atoms with van der Waals surface area (Å²) in [5.74, 6) is -0.393. The zero-order chi connectivity index (χ0) is 36.8. The van der Waals surface area contributed by atoms with Crippen molar-refractivity contribution in [3.63, 3.8) is 0 Å². The summed E-state index contributed by atoms with van der Waals surface area (Å²) in [7, 11) is -4.51. The Hall–Kier alpha value is -1.32. The van der Waals surface area contributed by atoms with Crippen molar-refractivity contribution in [3.8, 4) is 0 Å². The van der Waals surface area contributed by atoms with Crippen LogP contribution in [-0.2, 0) is 27.9 Å². The lowest BCUT2D eigenvalue weighted by atomic mass is 10.1. The number of hydrogen-bond donors (Lipinski definition) is 3. The average Bonchev–Trinajstić information content (AvgIpc) is 3.10. The Morgan fingerprint density at radius 1 is 0.640 bits per heavy atom. The van der Waals surface area contributed by atoms with E-state index in [4.69, 9.17) is 23.6 Å². The third-order valence-corrected chi connectivity index (χ3v) is 9.29. The number of carbonyl (C=O) groups excluding carboxylic acids is 1. The van der Waals surface area contributed by atoms with Gasteiger partial charge in [0.25, 0.3) is 0 Å². The quantitative estimate of drug-likeness (QED) is 0.0246. The van der Waals surface area contributed by atoms with E-state index in [-0.39, 0.29) is 19.6 Å². The van der Waals surface area contributed by atoms with E-state index in [0.29, 0.717) is 6.61 Å². The Balaban J connectivity index is 4.21. The number of esters is 1. The van der Waals surface area contributed by atoms with Crippen molar-refractivity contribution in [1.29, 1.82) is 0 Å². The van der Waals surface area contributed by atoms with Gasteiger partial charge in [0, 0.05) is 13.0 Å². The molecule has 0 aliphatic carbocycles. The molecule has 0 aromatic rings. The van der Waals surface area contributed by atoms with Crippen molar-refractivity contribution in [2.24, 2.45) is 0 Å². The molecule has 0 heterocycles. The molecule has 10 heteroatoms. The smallest absolute Gasteiger partial charge is 0.457 e. The first-order chi connectivity index (χ1) is 24.3. The number of ether oxygens (including phenoxy) is 2. The Labute approximate surface area is 305 Å². The molecule has 0 saturated carbocycles. The molecule has 0 aliphatic heterocycles. The summed E-state index contributed by atoms with van der Waals surface area (Å²) in [6.07, 6.45) is 38.1. The minimum Gasteiger partial charge on any atom is -0.457 e. The lowest BCUT2D eigenvalue weighted by Gasteiger charge is -2.20. The standard InChI is InChI=1S/C40H75O9P/c1-3-5-7-9-11-13-15-17-18-19-20-21-22-24-26-28-30-32-40(43)49-39(37-48-50(44,45)47-35-38(42)34-41)36-46-33-31-29-27-25-23-16-14-12-10-8-6-4-2/h5,7,11,13,17-18,38-39,41-42H,3-4,6,8-10,12,14-16,19-37H2,1-2H3,(H,44,45)/b7-5-,13-11-,18-17-. The minimum absolute atomic E-state index is 0.0472. The summed E-state index contributed by atoms with van der Waals surface area (Å²) in [6, 6.07) is 0. The number of aliphatic hydroxyl groups excluding tert-OH is 2. The molecule has 294 valence electrons. The maximum absolute atomic E-state index is 12.6. The fourth-order valence-corrected chi connectivity index (χ4v) is 6.10. The predicted molar refractivity (Wildman–Crippen MR) is 205 cm³/mol. The van der Waals surface area contributed by atoms with Gasteiger partial charge in [-0.2, -0.15) is 0 Å². The third kappa shape index (κ3) is 36.5. The van der Waals surface area contributed by atoms with Crippen LogP contribution in [0.1, 0.15) is 168 Å². The van der Waals surface area contributed by atoms with Gasteiger partial charge in [0.2, 0.25) is 0 Å². The number of rotatable bonds is 38. The number of unbranched alkanes of at least 4 members (excludes halogenated alkanes) is 18. The van der Waals surface area contributed by atoms with E-state index < -0.39 is 39.2 Å². The van der Waals surface area contributed by atoms with E-state index in [1.165, 1.54) is 83.5 Å². The predicted octanol–water partition coefficient (Wildman–Crippen LogP) is 10.5. The molecular formula is C40H75O9P. The van der Waals surface area contributed by atoms with E-state index in [1.54, 1.807) is 0 Å². The average molecular weight is 731 g/mol. The first-order valence-corrected chi connectivity index (χ1v) is 21.5. The number of hydrogen-bond acceptors (Lipinski definition) is 8. The summed E-state index contributed by atoms with van der Waals surface area (Å²) >= 11 is 0. The Morgan fingerprint density at radius 3 is 1.72 bits per heavy atom. The summed E-state index contributed by atoms with van der Waals surface area (Å²) in [6.45, 7) is 3.40. The second-order valence-corrected chi connectivity index (χ2v) is 14.7. The molecule has 50 heavy (non-hydrogen) atoms. The normalized spacial score (nSPS) is 14.6. The second kappa shape index (κ2) is 37.4. The van der Waals surface area contributed by atoms with E-state index in [9.17, 15) is 19.4 Å². The Bertz CT molecular complexity index is 877. The van der Waals surface area contributed by atoms with Gasteiger partial charge in [0.1, 0.15) is 12.2 Å². The van der Waals surface area contributed by atoms with Gasteiger partial charge in [-0.25, -0.2) is 4.57 Å². The maximum Gasteiger partial charge on any atom is 0.472 e. The number of phosphoric acid groups is 1. The molecule has 0 aliphatic rings. The van der Waals surface area contributed by atoms with Crippen molar-refractivity contribution in [1.82, 2.24) is 0 Å². The molecule has 0 aromatic heterocycles. The number of phosphoric ester groups is 1. The van der Waals surface area contributed by atoms with Crippen LogP contribution >= 0.6 is 7.82 Å². The zero-order valence-corrected chi connectivity index (χ0v) is 32.8. The van der Waals surface area contributed by atoms with Crippen LogP contribution in [-0.4, -0.2) is 66.3 Å². The van der Waals surface area contributed by atoms with Gasteiger partial charge in [-0.1, -0.05) is 153 Å². The van der Waals surface area contributed by atoms with Crippen LogP contribution in [0, 0.1) is 0 Å². The summed E-state index contributed by atoms with van der Waals surface area (Å²) < 4.78 is 33.3. The highest BCUT2D eigenvalue weighted by Gasteiger charge is 2.26. The van der Waals surface area contributed by atoms with Gasteiger partial charge < -0.3 is 24.6 Å².